The maximum Gasteiger partial charge on any atom is 0.197 e. The zero-order valence-electron chi connectivity index (χ0n) is 7.38. The summed E-state index contributed by atoms with van der Waals surface area (Å²) in [5, 5.41) is 18.6. The highest BCUT2D eigenvalue weighted by Gasteiger charge is 2.13. The van der Waals surface area contributed by atoms with Gasteiger partial charge in [0.2, 0.25) is 0 Å². The Kier molecular flexibility index (Phi) is 2.08. The minimum absolute atomic E-state index is 0.0891. The summed E-state index contributed by atoms with van der Waals surface area (Å²) in [5.74, 6) is 0. The van der Waals surface area contributed by atoms with Gasteiger partial charge in [-0.05, 0) is 0 Å². The van der Waals surface area contributed by atoms with E-state index >= 15 is 0 Å². The van der Waals surface area contributed by atoms with E-state index in [9.17, 15) is 0 Å². The van der Waals surface area contributed by atoms with Crippen LogP contribution in [0.5, 0.6) is 0 Å². The molecule has 0 unspecified atom stereocenters. The number of nitrogens with two attached hydrogens (primary N) is 1. The average molecular weight is 216 g/mol. The van der Waals surface area contributed by atoms with Gasteiger partial charge in [0, 0.05) is 0 Å². The fourth-order valence-corrected chi connectivity index (χ4v) is 1.73. The Labute approximate surface area is 88.8 Å². The molecule has 0 aliphatic rings. The van der Waals surface area contributed by atoms with Gasteiger partial charge in [0.25, 0.3) is 0 Å². The molecule has 0 bridgehead atoms. The van der Waals surface area contributed by atoms with E-state index < -0.39 is 0 Å². The third-order valence-electron chi connectivity index (χ3n) is 1.70. The third-order valence-corrected chi connectivity index (χ3v) is 2.52. The average Bonchev–Trinajstić information content (AvgIpc) is 2.82. The minimum atomic E-state index is 0.0891. The predicted octanol–water partition coefficient (Wildman–Crippen LogP) is 0.654. The molecule has 72 valence electrons. The standard InChI is InChI=1S/C8H4N6S/c9-1-5-6(2-10)14(4-13-5)8-12-3-7(11)15-8/h3-4H,11H2. The van der Waals surface area contributed by atoms with Crippen LogP contribution in [-0.2, 0) is 0 Å². The number of imidazole rings is 1. The fourth-order valence-electron chi connectivity index (χ4n) is 1.07. The number of nitriles is 2. The van der Waals surface area contributed by atoms with Crippen molar-refractivity contribution >= 4 is 16.3 Å². The Morgan fingerprint density at radius 3 is 2.67 bits per heavy atom. The maximum absolute atomic E-state index is 8.87. The molecule has 0 saturated carbocycles. The van der Waals surface area contributed by atoms with E-state index in [2.05, 4.69) is 9.97 Å². The van der Waals surface area contributed by atoms with Gasteiger partial charge in [0.1, 0.15) is 23.5 Å². The molecule has 0 radical (unpaired) electrons. The van der Waals surface area contributed by atoms with Crippen molar-refractivity contribution in [3.05, 3.63) is 23.9 Å². The number of nitrogen functional groups attached to an aromatic ring is 1. The van der Waals surface area contributed by atoms with E-state index in [1.54, 1.807) is 0 Å². The Morgan fingerprint density at radius 1 is 1.33 bits per heavy atom. The summed E-state index contributed by atoms with van der Waals surface area (Å²) in [4.78, 5) is 7.79. The molecule has 0 spiro atoms. The topological polar surface area (TPSA) is 104 Å². The smallest absolute Gasteiger partial charge is 0.197 e. The Morgan fingerprint density at radius 2 is 2.13 bits per heavy atom. The summed E-state index contributed by atoms with van der Waals surface area (Å²) in [5.41, 5.74) is 5.78. The monoisotopic (exact) mass is 216 g/mol. The molecule has 0 fully saturated rings. The van der Waals surface area contributed by atoms with Crippen LogP contribution in [0.4, 0.5) is 5.00 Å². The van der Waals surface area contributed by atoms with Crippen molar-refractivity contribution in [2.24, 2.45) is 0 Å². The number of anilines is 1. The van der Waals surface area contributed by atoms with Crippen molar-refractivity contribution in [1.29, 1.82) is 10.5 Å². The van der Waals surface area contributed by atoms with Crippen LogP contribution in [-0.4, -0.2) is 14.5 Å². The van der Waals surface area contributed by atoms with Crippen molar-refractivity contribution in [2.75, 3.05) is 5.73 Å². The molecule has 7 heteroatoms. The summed E-state index contributed by atoms with van der Waals surface area (Å²) >= 11 is 1.22. The van der Waals surface area contributed by atoms with E-state index in [4.69, 9.17) is 16.3 Å². The quantitative estimate of drug-likeness (QED) is 0.753. The molecule has 0 saturated heterocycles. The van der Waals surface area contributed by atoms with Gasteiger partial charge < -0.3 is 5.73 Å². The van der Waals surface area contributed by atoms with E-state index in [0.29, 0.717) is 10.1 Å². The van der Waals surface area contributed by atoms with Crippen molar-refractivity contribution < 1.29 is 0 Å². The van der Waals surface area contributed by atoms with Crippen LogP contribution >= 0.6 is 11.3 Å². The van der Waals surface area contributed by atoms with Crippen molar-refractivity contribution in [3.63, 3.8) is 0 Å². The van der Waals surface area contributed by atoms with Gasteiger partial charge in [0.05, 0.1) is 6.20 Å². The van der Waals surface area contributed by atoms with Gasteiger partial charge in [0.15, 0.2) is 16.5 Å². The molecule has 0 aliphatic heterocycles. The molecular weight excluding hydrogens is 212 g/mol. The second-order valence-electron chi connectivity index (χ2n) is 2.58. The van der Waals surface area contributed by atoms with Gasteiger partial charge in [-0.3, -0.25) is 4.57 Å². The first-order valence-corrected chi connectivity index (χ1v) is 4.67. The number of hydrogen-bond donors (Lipinski definition) is 1. The zero-order valence-corrected chi connectivity index (χ0v) is 8.19. The van der Waals surface area contributed by atoms with Crippen LogP contribution in [0.15, 0.2) is 12.5 Å². The predicted molar refractivity (Wildman–Crippen MR) is 53.1 cm³/mol. The lowest BCUT2D eigenvalue weighted by Gasteiger charge is -1.95. The van der Waals surface area contributed by atoms with Crippen LogP contribution in [0.25, 0.3) is 5.13 Å². The summed E-state index contributed by atoms with van der Waals surface area (Å²) in [6.07, 6.45) is 2.88. The second-order valence-corrected chi connectivity index (χ2v) is 3.62. The molecule has 2 N–H and O–H groups in total. The van der Waals surface area contributed by atoms with Crippen LogP contribution in [0.3, 0.4) is 0 Å². The van der Waals surface area contributed by atoms with Gasteiger partial charge in [-0.1, -0.05) is 11.3 Å². The largest absolute Gasteiger partial charge is 0.389 e. The Bertz CT molecular complexity index is 581. The number of thiazole rings is 1. The second kappa shape index (κ2) is 3.40. The molecule has 15 heavy (non-hydrogen) atoms. The third kappa shape index (κ3) is 1.41. The van der Waals surface area contributed by atoms with E-state index in [1.165, 1.54) is 28.4 Å². The number of rotatable bonds is 1. The first kappa shape index (κ1) is 9.19. The van der Waals surface area contributed by atoms with Gasteiger partial charge in [-0.15, -0.1) is 0 Å². The molecular formula is C8H4N6S. The van der Waals surface area contributed by atoms with Gasteiger partial charge in [-0.2, -0.15) is 10.5 Å². The lowest BCUT2D eigenvalue weighted by Crippen LogP contribution is -1.95. The highest BCUT2D eigenvalue weighted by Crippen LogP contribution is 2.21. The number of aromatic nitrogens is 3. The molecule has 0 atom stereocenters. The minimum Gasteiger partial charge on any atom is -0.389 e. The van der Waals surface area contributed by atoms with Crippen molar-refractivity contribution in [3.8, 4) is 17.3 Å². The molecule has 2 rings (SSSR count). The SMILES string of the molecule is N#Cc1ncn(-c2ncc(N)s2)c1C#N. The Balaban J connectivity index is 2.61. The summed E-state index contributed by atoms with van der Waals surface area (Å²) in [6.45, 7) is 0. The molecule has 2 aromatic heterocycles. The lowest BCUT2D eigenvalue weighted by molar-refractivity contribution is 1.01. The van der Waals surface area contributed by atoms with Crippen LogP contribution in [0, 0.1) is 22.7 Å². The molecule has 0 aromatic carbocycles. The molecule has 2 aromatic rings. The van der Waals surface area contributed by atoms with Crippen LogP contribution < -0.4 is 5.73 Å². The molecule has 0 aliphatic carbocycles. The normalized spacial score (nSPS) is 9.47. The number of hydrogen-bond acceptors (Lipinski definition) is 6. The van der Waals surface area contributed by atoms with E-state index in [-0.39, 0.29) is 11.4 Å². The summed E-state index contributed by atoms with van der Waals surface area (Å²) in [7, 11) is 0. The van der Waals surface area contributed by atoms with Crippen LogP contribution in [0.2, 0.25) is 0 Å². The molecule has 0 amide bonds. The van der Waals surface area contributed by atoms with Gasteiger partial charge in [-0.25, -0.2) is 9.97 Å². The van der Waals surface area contributed by atoms with Crippen molar-refractivity contribution in [1.82, 2.24) is 14.5 Å². The summed E-state index contributed by atoms with van der Waals surface area (Å²) in [6, 6.07) is 3.74. The fraction of sp³-hybridized carbons (Fsp3) is 0. The van der Waals surface area contributed by atoms with E-state index in [1.807, 2.05) is 12.1 Å². The Hall–Kier alpha value is -2.38. The first-order chi connectivity index (χ1) is 7.26. The van der Waals surface area contributed by atoms with Crippen LogP contribution in [0.1, 0.15) is 11.4 Å². The molecule has 6 nitrogen and oxygen atoms in total. The zero-order chi connectivity index (χ0) is 10.8. The lowest BCUT2D eigenvalue weighted by atomic mass is 10.4. The van der Waals surface area contributed by atoms with Gasteiger partial charge >= 0.3 is 0 Å². The highest BCUT2D eigenvalue weighted by atomic mass is 32.1. The van der Waals surface area contributed by atoms with E-state index in [0.717, 1.165) is 0 Å². The first-order valence-electron chi connectivity index (χ1n) is 3.85. The molecule has 2 heterocycles. The maximum atomic E-state index is 8.87. The highest BCUT2D eigenvalue weighted by molar-refractivity contribution is 7.17. The summed E-state index contributed by atoms with van der Waals surface area (Å²) < 4.78 is 1.44. The van der Waals surface area contributed by atoms with Crippen molar-refractivity contribution in [2.45, 2.75) is 0 Å². The number of nitrogens with zero attached hydrogens (tertiary/aromatic N) is 5.